The number of alkyl halides is 3. The van der Waals surface area contributed by atoms with Crippen LogP contribution in [0.15, 0.2) is 12.1 Å². The summed E-state index contributed by atoms with van der Waals surface area (Å²) in [5.41, 5.74) is 1.08. The van der Waals surface area contributed by atoms with Crippen LogP contribution in [0.3, 0.4) is 0 Å². The molecule has 0 saturated heterocycles. The minimum absolute atomic E-state index is 0.154. The van der Waals surface area contributed by atoms with E-state index in [9.17, 15) is 13.2 Å². The van der Waals surface area contributed by atoms with E-state index in [1.54, 1.807) is 6.92 Å². The van der Waals surface area contributed by atoms with Crippen LogP contribution in [0.1, 0.15) is 31.5 Å². The van der Waals surface area contributed by atoms with E-state index in [0.29, 0.717) is 23.2 Å². The van der Waals surface area contributed by atoms with Crippen molar-refractivity contribution < 1.29 is 22.6 Å². The highest BCUT2D eigenvalue weighted by Gasteiger charge is 2.35. The maximum atomic E-state index is 13.4. The fraction of sp³-hybridized carbons (Fsp3) is 0.500. The zero-order chi connectivity index (χ0) is 18.2. The van der Waals surface area contributed by atoms with Crippen LogP contribution in [0, 0.1) is 0 Å². The summed E-state index contributed by atoms with van der Waals surface area (Å²) in [5.74, 6) is 0.650. The number of anilines is 1. The van der Waals surface area contributed by atoms with Crippen LogP contribution in [-0.4, -0.2) is 31.8 Å². The van der Waals surface area contributed by atoms with Gasteiger partial charge in [-0.3, -0.25) is 0 Å². The quantitative estimate of drug-likeness (QED) is 0.813. The van der Waals surface area contributed by atoms with Crippen LogP contribution >= 0.6 is 0 Å². The first-order chi connectivity index (χ1) is 11.9. The Balaban J connectivity index is 2.42. The van der Waals surface area contributed by atoms with Crippen LogP contribution in [0.5, 0.6) is 11.5 Å². The molecule has 2 heterocycles. The van der Waals surface area contributed by atoms with Crippen LogP contribution < -0.4 is 14.4 Å². The van der Waals surface area contributed by atoms with Crippen molar-refractivity contribution in [3.8, 4) is 11.5 Å². The highest BCUT2D eigenvalue weighted by molar-refractivity contribution is 6.01. The predicted molar refractivity (Wildman–Crippen MR) is 90.7 cm³/mol. The van der Waals surface area contributed by atoms with E-state index in [-0.39, 0.29) is 12.4 Å². The van der Waals surface area contributed by atoms with Gasteiger partial charge >= 0.3 is 6.18 Å². The number of halogens is 3. The van der Waals surface area contributed by atoms with Gasteiger partial charge in [0.25, 0.3) is 0 Å². The number of ether oxygens (including phenoxy) is 2. The van der Waals surface area contributed by atoms with Crippen molar-refractivity contribution in [3.63, 3.8) is 0 Å². The molecular weight excluding hydrogens is 333 g/mol. The summed E-state index contributed by atoms with van der Waals surface area (Å²) in [6.45, 7) is 5.49. The fourth-order valence-corrected chi connectivity index (χ4v) is 3.39. The molecule has 0 atom stereocenters. The number of rotatable bonds is 4. The molecule has 0 spiro atoms. The van der Waals surface area contributed by atoms with Gasteiger partial charge in [-0.05, 0) is 38.3 Å². The molecule has 1 aliphatic heterocycles. The topological polar surface area (TPSA) is 34.6 Å². The Kier molecular flexibility index (Phi) is 4.67. The molecule has 1 aromatic heterocycles. The molecule has 25 heavy (non-hydrogen) atoms. The second kappa shape index (κ2) is 6.61. The van der Waals surface area contributed by atoms with Crippen molar-refractivity contribution in [2.24, 2.45) is 0 Å². The normalized spacial score (nSPS) is 14.6. The Morgan fingerprint density at radius 1 is 1.20 bits per heavy atom. The number of hydrogen-bond donors (Lipinski definition) is 0. The van der Waals surface area contributed by atoms with E-state index in [1.807, 2.05) is 13.0 Å². The van der Waals surface area contributed by atoms with E-state index in [1.165, 1.54) is 7.11 Å². The molecule has 0 N–H and O–H groups in total. The molecular formula is C18H21F3N2O2. The van der Waals surface area contributed by atoms with Gasteiger partial charge in [-0.25, -0.2) is 4.98 Å². The van der Waals surface area contributed by atoms with E-state index < -0.39 is 11.9 Å². The smallest absolute Gasteiger partial charge is 0.433 e. The van der Waals surface area contributed by atoms with E-state index in [2.05, 4.69) is 9.88 Å². The van der Waals surface area contributed by atoms with Gasteiger partial charge in [-0.15, -0.1) is 0 Å². The lowest BCUT2D eigenvalue weighted by Crippen LogP contribution is -2.29. The van der Waals surface area contributed by atoms with Crippen LogP contribution in [-0.2, 0) is 12.6 Å². The summed E-state index contributed by atoms with van der Waals surface area (Å²) in [7, 11) is 1.51. The number of hydrogen-bond acceptors (Lipinski definition) is 4. The third kappa shape index (κ3) is 3.07. The van der Waals surface area contributed by atoms with Crippen LogP contribution in [0.25, 0.3) is 10.9 Å². The molecule has 136 valence electrons. The lowest BCUT2D eigenvalue weighted by atomic mass is 9.97. The summed E-state index contributed by atoms with van der Waals surface area (Å²) >= 11 is 0. The van der Waals surface area contributed by atoms with Crippen molar-refractivity contribution >= 4 is 16.6 Å². The van der Waals surface area contributed by atoms with Gasteiger partial charge in [0.05, 0.1) is 24.8 Å². The van der Waals surface area contributed by atoms with Crippen molar-refractivity contribution in [3.05, 3.63) is 23.4 Å². The molecule has 1 aromatic carbocycles. The van der Waals surface area contributed by atoms with Gasteiger partial charge in [-0.1, -0.05) is 0 Å². The Morgan fingerprint density at radius 2 is 1.96 bits per heavy atom. The molecule has 1 aliphatic rings. The average Bonchev–Trinajstić information content (AvgIpc) is 2.59. The van der Waals surface area contributed by atoms with Gasteiger partial charge < -0.3 is 14.4 Å². The van der Waals surface area contributed by atoms with Crippen molar-refractivity contribution in [2.75, 3.05) is 31.7 Å². The number of fused-ring (bicyclic) bond motifs is 3. The molecule has 0 saturated carbocycles. The SMILES string of the molecule is CCOc1cc(C(F)(F)F)nc2c3c(cc(OC)c12)CCCN3CC. The van der Waals surface area contributed by atoms with Crippen molar-refractivity contribution in [1.82, 2.24) is 4.98 Å². The molecule has 7 heteroatoms. The number of aryl methyl sites for hydroxylation is 1. The third-order valence-corrected chi connectivity index (χ3v) is 4.45. The minimum Gasteiger partial charge on any atom is -0.496 e. The maximum Gasteiger partial charge on any atom is 0.433 e. The largest absolute Gasteiger partial charge is 0.496 e. The highest BCUT2D eigenvalue weighted by Crippen LogP contribution is 2.45. The number of nitrogens with zero attached hydrogens (tertiary/aromatic N) is 2. The first-order valence-electron chi connectivity index (χ1n) is 8.40. The molecule has 2 aromatic rings. The maximum absolute atomic E-state index is 13.4. The molecule has 0 unspecified atom stereocenters. The van der Waals surface area contributed by atoms with Crippen molar-refractivity contribution in [1.29, 1.82) is 0 Å². The van der Waals surface area contributed by atoms with Gasteiger partial charge in [0.2, 0.25) is 0 Å². The van der Waals surface area contributed by atoms with Crippen molar-refractivity contribution in [2.45, 2.75) is 32.9 Å². The van der Waals surface area contributed by atoms with E-state index in [0.717, 1.165) is 36.7 Å². The molecule has 0 radical (unpaired) electrons. The second-order valence-electron chi connectivity index (χ2n) is 5.93. The summed E-state index contributed by atoms with van der Waals surface area (Å²) in [4.78, 5) is 6.06. The Bertz CT molecular complexity index is 790. The molecule has 0 fully saturated rings. The monoisotopic (exact) mass is 354 g/mol. The van der Waals surface area contributed by atoms with Crippen LogP contribution in [0.2, 0.25) is 0 Å². The summed E-state index contributed by atoms with van der Waals surface area (Å²) in [6.07, 6.45) is -2.80. The summed E-state index contributed by atoms with van der Waals surface area (Å²) in [6, 6.07) is 2.86. The minimum atomic E-state index is -4.54. The third-order valence-electron chi connectivity index (χ3n) is 4.45. The number of pyridine rings is 1. The summed E-state index contributed by atoms with van der Waals surface area (Å²) < 4.78 is 51.1. The van der Waals surface area contributed by atoms with Gasteiger partial charge in [0.15, 0.2) is 0 Å². The van der Waals surface area contributed by atoms with E-state index in [4.69, 9.17) is 9.47 Å². The number of benzene rings is 1. The molecule has 4 nitrogen and oxygen atoms in total. The first kappa shape index (κ1) is 17.6. The first-order valence-corrected chi connectivity index (χ1v) is 8.40. The zero-order valence-corrected chi connectivity index (χ0v) is 14.5. The predicted octanol–water partition coefficient (Wildman–Crippen LogP) is 4.43. The highest BCUT2D eigenvalue weighted by atomic mass is 19.4. The fourth-order valence-electron chi connectivity index (χ4n) is 3.39. The summed E-state index contributed by atoms with van der Waals surface area (Å²) in [5, 5.41) is 0.497. The molecule has 0 bridgehead atoms. The average molecular weight is 354 g/mol. The standard InChI is InChI=1S/C18H21F3N2O2/c1-4-23-8-6-7-11-9-12(24-3)15-13(25-5-2)10-14(18(19,20)21)22-16(15)17(11)23/h9-10H,4-8H2,1-3H3. The second-order valence-corrected chi connectivity index (χ2v) is 5.93. The van der Waals surface area contributed by atoms with Gasteiger partial charge in [-0.2, -0.15) is 13.2 Å². The lowest BCUT2D eigenvalue weighted by molar-refractivity contribution is -0.141. The number of aromatic nitrogens is 1. The van der Waals surface area contributed by atoms with Gasteiger partial charge in [0.1, 0.15) is 22.7 Å². The van der Waals surface area contributed by atoms with E-state index >= 15 is 0 Å². The zero-order valence-electron chi connectivity index (χ0n) is 14.5. The number of methoxy groups -OCH3 is 1. The Hall–Kier alpha value is -2.18. The van der Waals surface area contributed by atoms with Gasteiger partial charge in [0, 0.05) is 19.2 Å². The lowest BCUT2D eigenvalue weighted by Gasteiger charge is -2.32. The molecule has 0 aliphatic carbocycles. The van der Waals surface area contributed by atoms with Crippen LogP contribution in [0.4, 0.5) is 18.9 Å². The Labute approximate surface area is 144 Å². The molecule has 0 amide bonds. The Morgan fingerprint density at radius 3 is 2.56 bits per heavy atom. The molecule has 3 rings (SSSR count).